The summed E-state index contributed by atoms with van der Waals surface area (Å²) < 4.78 is 7.68. The third-order valence-electron chi connectivity index (χ3n) is 4.70. The van der Waals surface area contributed by atoms with Crippen LogP contribution in [0.1, 0.15) is 27.3 Å². The molecule has 26 heavy (non-hydrogen) atoms. The molecule has 5 nitrogen and oxygen atoms in total. The number of ether oxygens (including phenoxy) is 1. The normalized spacial score (nSPS) is 12.5. The van der Waals surface area contributed by atoms with Crippen LogP contribution in [0.5, 0.6) is 5.75 Å². The fourth-order valence-corrected chi connectivity index (χ4v) is 3.28. The number of nitrogens with zero attached hydrogens (tertiary/aromatic N) is 3. The number of hydrogen-bond acceptors (Lipinski definition) is 3. The van der Waals surface area contributed by atoms with Crippen LogP contribution in [0.3, 0.4) is 0 Å². The summed E-state index contributed by atoms with van der Waals surface area (Å²) in [6.07, 6.45) is 4.50. The SMILES string of the molecule is Cn1ccnc1CN(Cc1ccccc1)C(=O)c1cccc2c1OCC2. The molecule has 0 spiro atoms. The molecule has 1 amide bonds. The average molecular weight is 347 g/mol. The van der Waals surface area contributed by atoms with Crippen LogP contribution in [0.15, 0.2) is 60.9 Å². The Kier molecular flexibility index (Phi) is 4.44. The largest absolute Gasteiger partial charge is 0.492 e. The van der Waals surface area contributed by atoms with Gasteiger partial charge in [-0.25, -0.2) is 4.98 Å². The molecule has 3 aromatic rings. The first-order chi connectivity index (χ1) is 12.7. The van der Waals surface area contributed by atoms with Gasteiger partial charge in [0, 0.05) is 32.4 Å². The van der Waals surface area contributed by atoms with E-state index in [1.165, 1.54) is 0 Å². The zero-order chi connectivity index (χ0) is 17.9. The number of carbonyl (C=O) groups is 1. The van der Waals surface area contributed by atoms with Gasteiger partial charge in [0.15, 0.2) is 0 Å². The van der Waals surface area contributed by atoms with Crippen molar-refractivity contribution in [2.24, 2.45) is 7.05 Å². The maximum atomic E-state index is 13.4. The van der Waals surface area contributed by atoms with Crippen molar-refractivity contribution in [2.75, 3.05) is 6.61 Å². The van der Waals surface area contributed by atoms with Gasteiger partial charge in [0.25, 0.3) is 5.91 Å². The van der Waals surface area contributed by atoms with E-state index in [4.69, 9.17) is 4.74 Å². The highest BCUT2D eigenvalue weighted by molar-refractivity contribution is 5.97. The third kappa shape index (κ3) is 3.20. The fourth-order valence-electron chi connectivity index (χ4n) is 3.28. The van der Waals surface area contributed by atoms with Crippen LogP contribution in [-0.2, 0) is 26.6 Å². The summed E-state index contributed by atoms with van der Waals surface area (Å²) in [5.41, 5.74) is 2.82. The second kappa shape index (κ2) is 7.04. The Bertz CT molecular complexity index is 918. The zero-order valence-electron chi connectivity index (χ0n) is 14.8. The Morgan fingerprint density at radius 2 is 2.00 bits per heavy atom. The molecular weight excluding hydrogens is 326 g/mol. The van der Waals surface area contributed by atoms with Gasteiger partial charge >= 0.3 is 0 Å². The van der Waals surface area contributed by atoms with Crippen LogP contribution >= 0.6 is 0 Å². The van der Waals surface area contributed by atoms with E-state index >= 15 is 0 Å². The number of rotatable bonds is 5. The second-order valence-electron chi connectivity index (χ2n) is 6.49. The van der Waals surface area contributed by atoms with Gasteiger partial charge in [-0.05, 0) is 17.2 Å². The van der Waals surface area contributed by atoms with Crippen LogP contribution in [0, 0.1) is 0 Å². The van der Waals surface area contributed by atoms with Crippen molar-refractivity contribution in [1.82, 2.24) is 14.5 Å². The number of carbonyl (C=O) groups excluding carboxylic acids is 1. The van der Waals surface area contributed by atoms with E-state index < -0.39 is 0 Å². The molecule has 0 aliphatic carbocycles. The summed E-state index contributed by atoms with van der Waals surface area (Å²) in [4.78, 5) is 19.6. The minimum atomic E-state index is -0.0318. The Morgan fingerprint density at radius 3 is 2.77 bits per heavy atom. The molecule has 1 aliphatic rings. The first kappa shape index (κ1) is 16.4. The number of imidazole rings is 1. The Balaban J connectivity index is 1.67. The molecule has 4 rings (SSSR count). The second-order valence-corrected chi connectivity index (χ2v) is 6.49. The van der Waals surface area contributed by atoms with Crippen molar-refractivity contribution in [3.05, 3.63) is 83.4 Å². The molecule has 0 bridgehead atoms. The van der Waals surface area contributed by atoms with E-state index in [2.05, 4.69) is 4.98 Å². The molecule has 0 saturated carbocycles. The van der Waals surface area contributed by atoms with Gasteiger partial charge in [0.05, 0.1) is 18.7 Å². The topological polar surface area (TPSA) is 47.4 Å². The van der Waals surface area contributed by atoms with E-state index in [-0.39, 0.29) is 5.91 Å². The monoisotopic (exact) mass is 347 g/mol. The minimum Gasteiger partial charge on any atom is -0.492 e. The van der Waals surface area contributed by atoms with Crippen LogP contribution in [-0.4, -0.2) is 27.0 Å². The molecule has 5 heteroatoms. The summed E-state index contributed by atoms with van der Waals surface area (Å²) in [6.45, 7) is 1.61. The summed E-state index contributed by atoms with van der Waals surface area (Å²) in [5.74, 6) is 1.55. The van der Waals surface area contributed by atoms with Crippen molar-refractivity contribution in [3.63, 3.8) is 0 Å². The Morgan fingerprint density at radius 1 is 1.15 bits per heavy atom. The van der Waals surface area contributed by atoms with E-state index in [0.29, 0.717) is 25.3 Å². The lowest BCUT2D eigenvalue weighted by molar-refractivity contribution is 0.0720. The standard InChI is InChI=1S/C21H21N3O2/c1-23-12-11-22-19(23)15-24(14-16-6-3-2-4-7-16)21(25)18-9-5-8-17-10-13-26-20(17)18/h2-9,11-12H,10,13-15H2,1H3. The maximum Gasteiger partial charge on any atom is 0.258 e. The molecule has 2 heterocycles. The molecule has 1 aromatic heterocycles. The molecule has 1 aliphatic heterocycles. The van der Waals surface area contributed by atoms with Crippen LogP contribution in [0.25, 0.3) is 0 Å². The average Bonchev–Trinajstić information content (AvgIpc) is 3.30. The third-order valence-corrected chi connectivity index (χ3v) is 4.70. The van der Waals surface area contributed by atoms with Crippen LogP contribution < -0.4 is 4.74 Å². The molecule has 2 aromatic carbocycles. The van der Waals surface area contributed by atoms with Crippen molar-refractivity contribution in [1.29, 1.82) is 0 Å². The number of aromatic nitrogens is 2. The summed E-state index contributed by atoms with van der Waals surface area (Å²) in [6, 6.07) is 15.8. The van der Waals surface area contributed by atoms with Crippen molar-refractivity contribution in [2.45, 2.75) is 19.5 Å². The van der Waals surface area contributed by atoms with Crippen molar-refractivity contribution < 1.29 is 9.53 Å². The lowest BCUT2D eigenvalue weighted by atomic mass is 10.1. The Labute approximate surface area is 152 Å². The van der Waals surface area contributed by atoms with Gasteiger partial charge in [-0.15, -0.1) is 0 Å². The Hall–Kier alpha value is -3.08. The molecule has 0 fully saturated rings. The van der Waals surface area contributed by atoms with E-state index in [1.54, 1.807) is 6.20 Å². The predicted molar refractivity (Wildman–Crippen MR) is 98.9 cm³/mol. The van der Waals surface area contributed by atoms with Gasteiger partial charge in [-0.3, -0.25) is 4.79 Å². The summed E-state index contributed by atoms with van der Waals surface area (Å²) >= 11 is 0. The van der Waals surface area contributed by atoms with Crippen molar-refractivity contribution in [3.8, 4) is 5.75 Å². The van der Waals surface area contributed by atoms with Gasteiger partial charge in [0.1, 0.15) is 11.6 Å². The zero-order valence-corrected chi connectivity index (χ0v) is 14.8. The number of benzene rings is 2. The first-order valence-corrected chi connectivity index (χ1v) is 8.76. The maximum absolute atomic E-state index is 13.4. The highest BCUT2D eigenvalue weighted by atomic mass is 16.5. The number of fused-ring (bicyclic) bond motifs is 1. The van der Waals surface area contributed by atoms with Crippen molar-refractivity contribution >= 4 is 5.91 Å². The van der Waals surface area contributed by atoms with Gasteiger partial charge in [-0.2, -0.15) is 0 Å². The van der Waals surface area contributed by atoms with E-state index in [9.17, 15) is 4.79 Å². The van der Waals surface area contributed by atoms with Gasteiger partial charge in [-0.1, -0.05) is 42.5 Å². The van der Waals surface area contributed by atoms with Crippen LogP contribution in [0.4, 0.5) is 0 Å². The quantitative estimate of drug-likeness (QED) is 0.712. The minimum absolute atomic E-state index is 0.0318. The number of hydrogen-bond donors (Lipinski definition) is 0. The summed E-state index contributed by atoms with van der Waals surface area (Å²) in [7, 11) is 1.94. The molecule has 132 valence electrons. The molecule has 0 radical (unpaired) electrons. The number of aryl methyl sites for hydroxylation is 1. The molecule has 0 atom stereocenters. The smallest absolute Gasteiger partial charge is 0.258 e. The first-order valence-electron chi connectivity index (χ1n) is 8.76. The lowest BCUT2D eigenvalue weighted by Gasteiger charge is -2.23. The predicted octanol–water partition coefficient (Wildman–Crippen LogP) is 3.20. The lowest BCUT2D eigenvalue weighted by Crippen LogP contribution is -2.31. The van der Waals surface area contributed by atoms with Crippen LogP contribution in [0.2, 0.25) is 0 Å². The highest BCUT2D eigenvalue weighted by Gasteiger charge is 2.25. The highest BCUT2D eigenvalue weighted by Crippen LogP contribution is 2.30. The number of amides is 1. The molecule has 0 saturated heterocycles. The van der Waals surface area contributed by atoms with Gasteiger partial charge in [0.2, 0.25) is 0 Å². The summed E-state index contributed by atoms with van der Waals surface area (Å²) in [5, 5.41) is 0. The molecular formula is C21H21N3O2. The fraction of sp³-hybridized carbons (Fsp3) is 0.238. The number of para-hydroxylation sites is 1. The van der Waals surface area contributed by atoms with E-state index in [0.717, 1.165) is 29.1 Å². The molecule has 0 N–H and O–H groups in total. The molecule has 0 unspecified atom stereocenters. The van der Waals surface area contributed by atoms with Gasteiger partial charge < -0.3 is 14.2 Å². The van der Waals surface area contributed by atoms with E-state index in [1.807, 2.05) is 71.2 Å².